The Bertz CT molecular complexity index is 497. The van der Waals surface area contributed by atoms with Crippen LogP contribution in [-0.2, 0) is 9.53 Å². The van der Waals surface area contributed by atoms with Crippen molar-refractivity contribution in [3.8, 4) is 11.5 Å². The highest BCUT2D eigenvalue weighted by atomic mass is 35.5. The summed E-state index contributed by atoms with van der Waals surface area (Å²) in [6.07, 6.45) is -4.90. The third-order valence-electron chi connectivity index (χ3n) is 2.53. The number of alkyl halides is 3. The van der Waals surface area contributed by atoms with Gasteiger partial charge in [-0.25, -0.2) is 0 Å². The highest BCUT2D eigenvalue weighted by Crippen LogP contribution is 2.32. The van der Waals surface area contributed by atoms with Gasteiger partial charge in [0.05, 0.1) is 20.1 Å². The minimum absolute atomic E-state index is 0. The van der Waals surface area contributed by atoms with Crippen molar-refractivity contribution in [3.05, 3.63) is 23.8 Å². The third kappa shape index (κ3) is 6.40. The van der Waals surface area contributed by atoms with Crippen LogP contribution < -0.4 is 15.2 Å². The average Bonchev–Trinajstić information content (AvgIpc) is 2.36. The molecule has 9 heteroatoms. The molecule has 0 radical (unpaired) electrons. The summed E-state index contributed by atoms with van der Waals surface area (Å²) in [5.41, 5.74) is 6.22. The fourth-order valence-corrected chi connectivity index (χ4v) is 1.70. The van der Waals surface area contributed by atoms with Crippen LogP contribution in [0.4, 0.5) is 13.2 Å². The van der Waals surface area contributed by atoms with Crippen molar-refractivity contribution in [3.63, 3.8) is 0 Å². The van der Waals surface area contributed by atoms with Crippen molar-refractivity contribution in [2.75, 3.05) is 13.7 Å². The lowest BCUT2D eigenvalue weighted by Crippen LogP contribution is -2.19. The summed E-state index contributed by atoms with van der Waals surface area (Å²) in [6.45, 7) is 1.88. The van der Waals surface area contributed by atoms with Gasteiger partial charge in [-0.2, -0.15) is 0 Å². The molecule has 1 aromatic rings. The van der Waals surface area contributed by atoms with Crippen LogP contribution in [-0.4, -0.2) is 26.0 Å². The zero-order valence-electron chi connectivity index (χ0n) is 12.0. The number of esters is 1. The van der Waals surface area contributed by atoms with Crippen LogP contribution >= 0.6 is 12.4 Å². The highest BCUT2D eigenvalue weighted by Gasteiger charge is 2.31. The van der Waals surface area contributed by atoms with Crippen LogP contribution in [0.5, 0.6) is 11.5 Å². The molecule has 0 amide bonds. The monoisotopic (exact) mass is 343 g/mol. The molecule has 1 aromatic carbocycles. The van der Waals surface area contributed by atoms with Gasteiger partial charge in [0.25, 0.3) is 0 Å². The number of halogens is 4. The lowest BCUT2D eigenvalue weighted by molar-refractivity contribution is -0.274. The van der Waals surface area contributed by atoms with Crippen molar-refractivity contribution < 1.29 is 32.2 Å². The summed E-state index contributed by atoms with van der Waals surface area (Å²) >= 11 is 0. The van der Waals surface area contributed by atoms with Gasteiger partial charge < -0.3 is 19.9 Å². The molecule has 0 fully saturated rings. The van der Waals surface area contributed by atoms with E-state index < -0.39 is 24.1 Å². The summed E-state index contributed by atoms with van der Waals surface area (Å²) in [5.74, 6) is -0.817. The van der Waals surface area contributed by atoms with Crippen LogP contribution in [0.2, 0.25) is 0 Å². The van der Waals surface area contributed by atoms with Crippen LogP contribution in [0.25, 0.3) is 0 Å². The Morgan fingerprint density at radius 1 is 1.36 bits per heavy atom. The first-order chi connectivity index (χ1) is 9.76. The van der Waals surface area contributed by atoms with Crippen LogP contribution in [0.15, 0.2) is 18.2 Å². The van der Waals surface area contributed by atoms with Crippen molar-refractivity contribution in [1.82, 2.24) is 0 Å². The first kappa shape index (κ1) is 20.3. The molecule has 2 N–H and O–H groups in total. The average molecular weight is 344 g/mol. The van der Waals surface area contributed by atoms with Gasteiger partial charge in [-0.15, -0.1) is 25.6 Å². The SMILES string of the molecule is CCOC(=O)C[C@H](N)c1ccc(OC(F)(F)F)cc1OC.Cl. The number of ether oxygens (including phenoxy) is 3. The summed E-state index contributed by atoms with van der Waals surface area (Å²) in [6, 6.07) is 2.74. The lowest BCUT2D eigenvalue weighted by Gasteiger charge is -2.17. The Kier molecular flexibility index (Phi) is 8.04. The molecule has 0 saturated heterocycles. The van der Waals surface area contributed by atoms with Gasteiger partial charge >= 0.3 is 12.3 Å². The van der Waals surface area contributed by atoms with Crippen molar-refractivity contribution in [2.45, 2.75) is 25.7 Å². The Morgan fingerprint density at radius 2 is 2.00 bits per heavy atom. The third-order valence-corrected chi connectivity index (χ3v) is 2.53. The van der Waals surface area contributed by atoms with Gasteiger partial charge in [0.15, 0.2) is 0 Å². The molecule has 0 heterocycles. The second kappa shape index (κ2) is 8.70. The molecular formula is C13H17ClF3NO4. The largest absolute Gasteiger partial charge is 0.573 e. The molecule has 0 bridgehead atoms. The van der Waals surface area contributed by atoms with E-state index in [-0.39, 0.29) is 31.2 Å². The Balaban J connectivity index is 0.00000441. The number of methoxy groups -OCH3 is 1. The second-order valence-electron chi connectivity index (χ2n) is 4.07. The van der Waals surface area contributed by atoms with E-state index in [1.165, 1.54) is 13.2 Å². The molecule has 0 aliphatic rings. The number of benzene rings is 1. The quantitative estimate of drug-likeness (QED) is 0.804. The molecule has 0 aliphatic carbocycles. The number of carbonyl (C=O) groups is 1. The van der Waals surface area contributed by atoms with Gasteiger partial charge in [-0.3, -0.25) is 4.79 Å². The standard InChI is InChI=1S/C13H16F3NO4.ClH/c1-3-20-12(18)7-10(17)9-5-4-8(6-11(9)19-2)21-13(14,15)16;/h4-6,10H,3,7,17H2,1-2H3;1H/t10-;/m0./s1. The summed E-state index contributed by atoms with van der Waals surface area (Å²) in [5, 5.41) is 0. The molecule has 0 aliphatic heterocycles. The second-order valence-corrected chi connectivity index (χ2v) is 4.07. The van der Waals surface area contributed by atoms with Crippen LogP contribution in [0.3, 0.4) is 0 Å². The van der Waals surface area contributed by atoms with E-state index in [0.717, 1.165) is 12.1 Å². The first-order valence-corrected chi connectivity index (χ1v) is 6.11. The molecule has 0 aromatic heterocycles. The summed E-state index contributed by atoms with van der Waals surface area (Å²) < 4.78 is 50.0. The molecule has 1 atom stereocenters. The summed E-state index contributed by atoms with van der Waals surface area (Å²) in [7, 11) is 1.29. The van der Waals surface area contributed by atoms with Crippen molar-refractivity contribution in [2.24, 2.45) is 5.73 Å². The van der Waals surface area contributed by atoms with E-state index in [2.05, 4.69) is 4.74 Å². The predicted octanol–water partition coefficient (Wildman–Crippen LogP) is 2.97. The zero-order chi connectivity index (χ0) is 16.0. The maximum atomic E-state index is 12.1. The fourth-order valence-electron chi connectivity index (χ4n) is 1.70. The fraction of sp³-hybridized carbons (Fsp3) is 0.462. The van der Waals surface area contributed by atoms with Gasteiger partial charge in [0, 0.05) is 17.7 Å². The number of hydrogen-bond acceptors (Lipinski definition) is 5. The molecular weight excluding hydrogens is 327 g/mol. The molecule has 126 valence electrons. The van der Waals surface area contributed by atoms with E-state index in [4.69, 9.17) is 15.2 Å². The molecule has 22 heavy (non-hydrogen) atoms. The van der Waals surface area contributed by atoms with E-state index in [1.54, 1.807) is 6.92 Å². The summed E-state index contributed by atoms with van der Waals surface area (Å²) in [4.78, 5) is 11.4. The number of nitrogens with two attached hydrogens (primary N) is 1. The Morgan fingerprint density at radius 3 is 2.50 bits per heavy atom. The van der Waals surface area contributed by atoms with Gasteiger partial charge in [0.1, 0.15) is 11.5 Å². The van der Waals surface area contributed by atoms with Crippen LogP contribution in [0, 0.1) is 0 Å². The van der Waals surface area contributed by atoms with E-state index in [9.17, 15) is 18.0 Å². The lowest BCUT2D eigenvalue weighted by atomic mass is 10.0. The minimum Gasteiger partial charge on any atom is -0.496 e. The van der Waals surface area contributed by atoms with Gasteiger partial charge in [-0.05, 0) is 13.0 Å². The van der Waals surface area contributed by atoms with Crippen molar-refractivity contribution >= 4 is 18.4 Å². The van der Waals surface area contributed by atoms with E-state index in [1.807, 2.05) is 0 Å². The maximum absolute atomic E-state index is 12.1. The molecule has 0 saturated carbocycles. The van der Waals surface area contributed by atoms with E-state index >= 15 is 0 Å². The topological polar surface area (TPSA) is 70.8 Å². The Hall–Kier alpha value is -1.67. The Labute approximate surface area is 131 Å². The number of rotatable bonds is 6. The van der Waals surface area contributed by atoms with E-state index in [0.29, 0.717) is 5.56 Å². The van der Waals surface area contributed by atoms with Crippen molar-refractivity contribution in [1.29, 1.82) is 0 Å². The smallest absolute Gasteiger partial charge is 0.496 e. The minimum atomic E-state index is -4.79. The van der Waals surface area contributed by atoms with Gasteiger partial charge in [0.2, 0.25) is 0 Å². The molecule has 1 rings (SSSR count). The number of carbonyl (C=O) groups excluding carboxylic acids is 1. The van der Waals surface area contributed by atoms with Crippen LogP contribution in [0.1, 0.15) is 24.9 Å². The normalized spacial score (nSPS) is 12.1. The number of hydrogen-bond donors (Lipinski definition) is 1. The highest BCUT2D eigenvalue weighted by molar-refractivity contribution is 5.85. The molecule has 0 unspecified atom stereocenters. The molecule has 0 spiro atoms. The van der Waals surface area contributed by atoms with Gasteiger partial charge in [-0.1, -0.05) is 6.07 Å². The molecule has 5 nitrogen and oxygen atoms in total. The zero-order valence-corrected chi connectivity index (χ0v) is 12.8. The predicted molar refractivity (Wildman–Crippen MR) is 75.1 cm³/mol. The first-order valence-electron chi connectivity index (χ1n) is 6.11. The maximum Gasteiger partial charge on any atom is 0.573 e.